The lowest BCUT2D eigenvalue weighted by atomic mass is 10.3. The van der Waals surface area contributed by atoms with Gasteiger partial charge in [-0.3, -0.25) is 0 Å². The highest BCUT2D eigenvalue weighted by Crippen LogP contribution is 2.10. The van der Waals surface area contributed by atoms with E-state index >= 15 is 0 Å². The Kier molecular flexibility index (Phi) is 11.4. The average molecular weight is 366 g/mol. The van der Waals surface area contributed by atoms with Crippen LogP contribution in [-0.4, -0.2) is 68.9 Å². The highest BCUT2D eigenvalue weighted by atomic mass is 16.5. The highest BCUT2D eigenvalue weighted by Gasteiger charge is 2.02. The van der Waals surface area contributed by atoms with Gasteiger partial charge in [0.15, 0.2) is 5.96 Å². The second-order valence-corrected chi connectivity index (χ2v) is 6.44. The standard InChI is InChI=1S/C19H35N5O2/c1-6-20-19(21-10-12-24(4)11-7-13-25-5)23-15-17-8-9-18(22-14-17)26-16(2)3/h8-9,14,16H,6-7,10-13,15H2,1-5H3,(H2,20,21,23). The van der Waals surface area contributed by atoms with E-state index in [1.54, 1.807) is 7.11 Å². The third-order valence-electron chi connectivity index (χ3n) is 3.59. The van der Waals surface area contributed by atoms with Crippen LogP contribution in [0.2, 0.25) is 0 Å². The number of methoxy groups -OCH3 is 1. The van der Waals surface area contributed by atoms with Crippen LogP contribution in [0.5, 0.6) is 5.88 Å². The largest absolute Gasteiger partial charge is 0.475 e. The minimum absolute atomic E-state index is 0.128. The Morgan fingerprint density at radius 3 is 2.69 bits per heavy atom. The molecule has 0 saturated carbocycles. The van der Waals surface area contributed by atoms with Crippen molar-refractivity contribution in [3.8, 4) is 5.88 Å². The zero-order valence-electron chi connectivity index (χ0n) is 16.9. The van der Waals surface area contributed by atoms with Gasteiger partial charge in [-0.15, -0.1) is 0 Å². The number of hydrogen-bond acceptors (Lipinski definition) is 5. The van der Waals surface area contributed by atoms with E-state index in [9.17, 15) is 0 Å². The maximum absolute atomic E-state index is 5.56. The fourth-order valence-electron chi connectivity index (χ4n) is 2.28. The summed E-state index contributed by atoms with van der Waals surface area (Å²) in [5.74, 6) is 1.47. The first-order valence-corrected chi connectivity index (χ1v) is 9.36. The summed E-state index contributed by atoms with van der Waals surface area (Å²) in [4.78, 5) is 11.2. The average Bonchev–Trinajstić information content (AvgIpc) is 2.60. The second-order valence-electron chi connectivity index (χ2n) is 6.44. The van der Waals surface area contributed by atoms with Gasteiger partial charge in [-0.05, 0) is 39.8 Å². The number of pyridine rings is 1. The third-order valence-corrected chi connectivity index (χ3v) is 3.59. The normalized spacial score (nSPS) is 11.9. The van der Waals surface area contributed by atoms with Crippen molar-refractivity contribution < 1.29 is 9.47 Å². The molecule has 0 aliphatic rings. The van der Waals surface area contributed by atoms with Crippen molar-refractivity contribution in [1.29, 1.82) is 0 Å². The number of nitrogens with zero attached hydrogens (tertiary/aromatic N) is 3. The Balaban J connectivity index is 2.42. The predicted octanol–water partition coefficient (Wildman–Crippen LogP) is 1.89. The zero-order valence-corrected chi connectivity index (χ0v) is 16.9. The maximum atomic E-state index is 5.56. The summed E-state index contributed by atoms with van der Waals surface area (Å²) in [5, 5.41) is 6.64. The molecule has 1 heterocycles. The van der Waals surface area contributed by atoms with Gasteiger partial charge < -0.3 is 25.0 Å². The molecule has 7 heteroatoms. The third kappa shape index (κ3) is 10.2. The van der Waals surface area contributed by atoms with Crippen LogP contribution in [0.25, 0.3) is 0 Å². The van der Waals surface area contributed by atoms with Crippen LogP contribution >= 0.6 is 0 Å². The Hall–Kier alpha value is -1.86. The van der Waals surface area contributed by atoms with Crippen molar-refractivity contribution in [3.63, 3.8) is 0 Å². The van der Waals surface area contributed by atoms with E-state index in [1.807, 2.05) is 32.2 Å². The van der Waals surface area contributed by atoms with Crippen molar-refractivity contribution in [2.75, 3.05) is 46.9 Å². The van der Waals surface area contributed by atoms with E-state index in [0.29, 0.717) is 12.4 Å². The minimum atomic E-state index is 0.128. The molecule has 0 aliphatic carbocycles. The summed E-state index contributed by atoms with van der Waals surface area (Å²) in [6.07, 6.45) is 2.99. The fraction of sp³-hybridized carbons (Fsp3) is 0.684. The lowest BCUT2D eigenvalue weighted by Crippen LogP contribution is -2.41. The molecule has 0 fully saturated rings. The number of likely N-dealkylation sites (N-methyl/N-ethyl adjacent to an activating group) is 1. The SMILES string of the molecule is CCNC(=NCc1ccc(OC(C)C)nc1)NCCN(C)CCCOC. The molecule has 148 valence electrons. The first-order chi connectivity index (χ1) is 12.5. The molecule has 0 bridgehead atoms. The molecule has 1 aromatic heterocycles. The van der Waals surface area contributed by atoms with E-state index in [4.69, 9.17) is 9.47 Å². The van der Waals surface area contributed by atoms with Crippen LogP contribution in [-0.2, 0) is 11.3 Å². The summed E-state index contributed by atoms with van der Waals surface area (Å²) in [7, 11) is 3.86. The molecular weight excluding hydrogens is 330 g/mol. The first-order valence-electron chi connectivity index (χ1n) is 9.36. The molecule has 2 N–H and O–H groups in total. The molecule has 1 rings (SSSR count). The van der Waals surface area contributed by atoms with E-state index in [0.717, 1.165) is 50.7 Å². The maximum Gasteiger partial charge on any atom is 0.213 e. The van der Waals surface area contributed by atoms with Crippen LogP contribution < -0.4 is 15.4 Å². The molecule has 0 saturated heterocycles. The van der Waals surface area contributed by atoms with Crippen LogP contribution in [0.15, 0.2) is 23.3 Å². The van der Waals surface area contributed by atoms with Gasteiger partial charge in [0.05, 0.1) is 12.6 Å². The van der Waals surface area contributed by atoms with Crippen molar-refractivity contribution in [3.05, 3.63) is 23.9 Å². The molecule has 26 heavy (non-hydrogen) atoms. The van der Waals surface area contributed by atoms with E-state index < -0.39 is 0 Å². The lowest BCUT2D eigenvalue weighted by molar-refractivity contribution is 0.180. The van der Waals surface area contributed by atoms with E-state index in [1.165, 1.54) is 0 Å². The van der Waals surface area contributed by atoms with Crippen molar-refractivity contribution in [2.45, 2.75) is 39.8 Å². The van der Waals surface area contributed by atoms with Gasteiger partial charge in [-0.1, -0.05) is 6.07 Å². The number of rotatable bonds is 12. The smallest absolute Gasteiger partial charge is 0.213 e. The molecule has 0 aromatic carbocycles. The molecule has 0 amide bonds. The summed E-state index contributed by atoms with van der Waals surface area (Å²) >= 11 is 0. The minimum Gasteiger partial charge on any atom is -0.475 e. The summed E-state index contributed by atoms with van der Waals surface area (Å²) in [6, 6.07) is 3.89. The van der Waals surface area contributed by atoms with Crippen molar-refractivity contribution >= 4 is 5.96 Å². The zero-order chi connectivity index (χ0) is 19.2. The number of aliphatic imine (C=N–C) groups is 1. The molecular formula is C19H35N5O2. The topological polar surface area (TPSA) is 71.0 Å². The Labute approximate surface area is 158 Å². The van der Waals surface area contributed by atoms with Crippen LogP contribution in [0.4, 0.5) is 0 Å². The molecule has 0 aliphatic heterocycles. The van der Waals surface area contributed by atoms with Gasteiger partial charge in [0.1, 0.15) is 0 Å². The highest BCUT2D eigenvalue weighted by molar-refractivity contribution is 5.79. The van der Waals surface area contributed by atoms with E-state index in [2.05, 4.69) is 39.5 Å². The molecule has 0 radical (unpaired) electrons. The van der Waals surface area contributed by atoms with Gasteiger partial charge in [0, 0.05) is 52.2 Å². The number of aromatic nitrogens is 1. The van der Waals surface area contributed by atoms with Gasteiger partial charge in [0.2, 0.25) is 5.88 Å². The van der Waals surface area contributed by atoms with Crippen LogP contribution in [0.1, 0.15) is 32.8 Å². The van der Waals surface area contributed by atoms with Crippen LogP contribution in [0.3, 0.4) is 0 Å². The Bertz CT molecular complexity index is 505. The predicted molar refractivity (Wildman–Crippen MR) is 107 cm³/mol. The Morgan fingerprint density at radius 1 is 1.27 bits per heavy atom. The molecule has 1 aromatic rings. The van der Waals surface area contributed by atoms with E-state index in [-0.39, 0.29) is 6.10 Å². The molecule has 0 atom stereocenters. The summed E-state index contributed by atoms with van der Waals surface area (Å²) in [6.45, 7) is 11.1. The first kappa shape index (κ1) is 22.2. The summed E-state index contributed by atoms with van der Waals surface area (Å²) < 4.78 is 10.6. The summed E-state index contributed by atoms with van der Waals surface area (Å²) in [5.41, 5.74) is 1.05. The second kappa shape index (κ2) is 13.4. The monoisotopic (exact) mass is 365 g/mol. The van der Waals surface area contributed by atoms with Crippen molar-refractivity contribution in [2.24, 2.45) is 4.99 Å². The lowest BCUT2D eigenvalue weighted by Gasteiger charge is -2.18. The molecule has 7 nitrogen and oxygen atoms in total. The van der Waals surface area contributed by atoms with Crippen molar-refractivity contribution in [1.82, 2.24) is 20.5 Å². The number of hydrogen-bond donors (Lipinski definition) is 2. The molecule has 0 spiro atoms. The Morgan fingerprint density at radius 2 is 2.08 bits per heavy atom. The quantitative estimate of drug-likeness (QED) is 0.335. The van der Waals surface area contributed by atoms with Crippen LogP contribution in [0, 0.1) is 0 Å². The number of ether oxygens (including phenoxy) is 2. The number of guanidine groups is 1. The van der Waals surface area contributed by atoms with Gasteiger partial charge in [-0.25, -0.2) is 9.98 Å². The van der Waals surface area contributed by atoms with Gasteiger partial charge >= 0.3 is 0 Å². The fourth-order valence-corrected chi connectivity index (χ4v) is 2.28. The van der Waals surface area contributed by atoms with Gasteiger partial charge in [-0.2, -0.15) is 0 Å². The van der Waals surface area contributed by atoms with Gasteiger partial charge in [0.25, 0.3) is 0 Å². The number of nitrogens with one attached hydrogen (secondary N) is 2. The molecule has 0 unspecified atom stereocenters.